The van der Waals surface area contributed by atoms with Crippen molar-refractivity contribution >= 4 is 35.5 Å². The van der Waals surface area contributed by atoms with E-state index in [1.54, 1.807) is 18.6 Å². The highest BCUT2D eigenvalue weighted by atomic mass is 32.1. The number of anilines is 1. The normalized spacial score (nSPS) is 16.1. The number of thiazole rings is 1. The van der Waals surface area contributed by atoms with Crippen molar-refractivity contribution in [2.75, 3.05) is 37.7 Å². The second-order valence-corrected chi connectivity index (χ2v) is 8.93. The first kappa shape index (κ1) is 21.2. The van der Waals surface area contributed by atoms with Crippen LogP contribution in [0.5, 0.6) is 5.75 Å². The molecule has 1 fully saturated rings. The molecule has 0 bridgehead atoms. The second kappa shape index (κ2) is 9.07. The molecule has 0 radical (unpaired) electrons. The summed E-state index contributed by atoms with van der Waals surface area (Å²) in [6.45, 7) is 3.12. The van der Waals surface area contributed by atoms with Crippen LogP contribution in [0.25, 0.3) is 11.3 Å². The first-order valence-corrected chi connectivity index (χ1v) is 11.6. The summed E-state index contributed by atoms with van der Waals surface area (Å²) in [4.78, 5) is 31.5. The van der Waals surface area contributed by atoms with Gasteiger partial charge in [-0.05, 0) is 17.7 Å². The van der Waals surface area contributed by atoms with Gasteiger partial charge in [0.05, 0.1) is 24.4 Å². The predicted molar refractivity (Wildman–Crippen MR) is 127 cm³/mol. The van der Waals surface area contributed by atoms with Gasteiger partial charge in [-0.25, -0.2) is 9.97 Å². The number of nitrogens with zero attached hydrogens (tertiary/aromatic N) is 5. The highest BCUT2D eigenvalue weighted by Gasteiger charge is 2.28. The fourth-order valence-corrected chi connectivity index (χ4v) is 5.13. The zero-order chi connectivity index (χ0) is 22.8. The van der Waals surface area contributed by atoms with Crippen molar-refractivity contribution in [2.45, 2.75) is 12.3 Å². The standard InChI is InChI=1S/C23H23N7O2S/c24-12-16(13-25)15-1-2-17-18(11-15)32-10-3-19-21(17)28-22(33-19)23(31)30-8-6-29(7-9-30)20-14-26-4-5-27-20/h1-2,4-5,11-14,16,24-25H,3,6-10H2. The van der Waals surface area contributed by atoms with E-state index in [9.17, 15) is 4.79 Å². The third-order valence-electron chi connectivity index (χ3n) is 5.91. The topological polar surface area (TPSA) is 119 Å². The average Bonchev–Trinajstić information content (AvgIpc) is 3.21. The van der Waals surface area contributed by atoms with E-state index in [1.807, 2.05) is 23.1 Å². The number of hydrogen-bond donors (Lipinski definition) is 2. The van der Waals surface area contributed by atoms with Gasteiger partial charge in [0.1, 0.15) is 11.6 Å². The van der Waals surface area contributed by atoms with Crippen molar-refractivity contribution in [3.05, 3.63) is 52.2 Å². The largest absolute Gasteiger partial charge is 0.492 e. The Morgan fingerprint density at radius 1 is 1.15 bits per heavy atom. The van der Waals surface area contributed by atoms with Crippen LogP contribution in [0.15, 0.2) is 36.8 Å². The summed E-state index contributed by atoms with van der Waals surface area (Å²) in [5.41, 5.74) is 2.47. The summed E-state index contributed by atoms with van der Waals surface area (Å²) in [5, 5.41) is 15.6. The lowest BCUT2D eigenvalue weighted by molar-refractivity contribution is 0.0746. The Balaban J connectivity index is 1.35. The molecule has 5 rings (SSSR count). The van der Waals surface area contributed by atoms with Crippen LogP contribution in [-0.2, 0) is 6.42 Å². The molecule has 2 N–H and O–H groups in total. The molecule has 1 saturated heterocycles. The van der Waals surface area contributed by atoms with Crippen LogP contribution < -0.4 is 9.64 Å². The van der Waals surface area contributed by atoms with E-state index < -0.39 is 0 Å². The Bertz CT molecular complexity index is 1180. The zero-order valence-electron chi connectivity index (χ0n) is 17.9. The highest BCUT2D eigenvalue weighted by Crippen LogP contribution is 2.39. The maximum Gasteiger partial charge on any atom is 0.282 e. The van der Waals surface area contributed by atoms with E-state index in [0.29, 0.717) is 50.0 Å². The zero-order valence-corrected chi connectivity index (χ0v) is 18.7. The van der Waals surface area contributed by atoms with Gasteiger partial charge in [-0.3, -0.25) is 9.78 Å². The summed E-state index contributed by atoms with van der Waals surface area (Å²) < 4.78 is 5.94. The Morgan fingerprint density at radius 3 is 2.70 bits per heavy atom. The number of hydrogen-bond acceptors (Lipinski definition) is 9. The van der Waals surface area contributed by atoms with Gasteiger partial charge in [0.25, 0.3) is 5.91 Å². The van der Waals surface area contributed by atoms with Gasteiger partial charge in [0.2, 0.25) is 0 Å². The molecule has 0 atom stereocenters. The molecule has 9 nitrogen and oxygen atoms in total. The van der Waals surface area contributed by atoms with Crippen molar-refractivity contribution in [1.82, 2.24) is 19.9 Å². The van der Waals surface area contributed by atoms with Crippen LogP contribution in [-0.4, -0.2) is 71.0 Å². The van der Waals surface area contributed by atoms with E-state index in [4.69, 9.17) is 20.5 Å². The van der Waals surface area contributed by atoms with E-state index in [-0.39, 0.29) is 11.8 Å². The number of nitrogens with one attached hydrogen (secondary N) is 2. The predicted octanol–water partition coefficient (Wildman–Crippen LogP) is 2.88. The molecule has 10 heteroatoms. The molecule has 0 spiro atoms. The maximum absolute atomic E-state index is 13.2. The fourth-order valence-electron chi connectivity index (χ4n) is 4.11. The molecule has 0 aliphatic carbocycles. The number of benzene rings is 1. The van der Waals surface area contributed by atoms with Crippen LogP contribution in [0.3, 0.4) is 0 Å². The van der Waals surface area contributed by atoms with Crippen LogP contribution in [0.1, 0.15) is 26.2 Å². The maximum atomic E-state index is 13.2. The van der Waals surface area contributed by atoms with E-state index in [2.05, 4.69) is 14.9 Å². The van der Waals surface area contributed by atoms with Crippen LogP contribution in [0.2, 0.25) is 0 Å². The summed E-state index contributed by atoms with van der Waals surface area (Å²) in [5.74, 6) is 1.09. The summed E-state index contributed by atoms with van der Waals surface area (Å²) >= 11 is 1.44. The smallest absolute Gasteiger partial charge is 0.282 e. The van der Waals surface area contributed by atoms with Gasteiger partial charge in [-0.1, -0.05) is 6.07 Å². The Kier molecular flexibility index (Phi) is 5.82. The van der Waals surface area contributed by atoms with Crippen molar-refractivity contribution in [3.63, 3.8) is 0 Å². The van der Waals surface area contributed by atoms with Crippen LogP contribution >= 0.6 is 11.3 Å². The molecule has 3 aromatic rings. The van der Waals surface area contributed by atoms with Gasteiger partial charge in [-0.2, -0.15) is 0 Å². The van der Waals surface area contributed by atoms with Crippen molar-refractivity contribution in [2.24, 2.45) is 0 Å². The van der Waals surface area contributed by atoms with Crippen molar-refractivity contribution < 1.29 is 9.53 Å². The van der Waals surface area contributed by atoms with Crippen molar-refractivity contribution in [1.29, 1.82) is 10.8 Å². The van der Waals surface area contributed by atoms with Gasteiger partial charge in [0.15, 0.2) is 5.01 Å². The third-order valence-corrected chi connectivity index (χ3v) is 7.02. The molecular weight excluding hydrogens is 438 g/mol. The molecule has 0 unspecified atom stereocenters. The lowest BCUT2D eigenvalue weighted by atomic mass is 9.98. The Morgan fingerprint density at radius 2 is 1.97 bits per heavy atom. The molecule has 2 aliphatic rings. The second-order valence-electron chi connectivity index (χ2n) is 7.85. The highest BCUT2D eigenvalue weighted by molar-refractivity contribution is 7.14. The SMILES string of the molecule is N=CC(C=N)c1ccc2c(c1)OCCc1sc(C(=O)N3CCN(c4cnccn4)CC3)nc1-2. The molecule has 4 heterocycles. The molecule has 2 aliphatic heterocycles. The number of fused-ring (bicyclic) bond motifs is 3. The quantitative estimate of drug-likeness (QED) is 0.564. The summed E-state index contributed by atoms with van der Waals surface area (Å²) in [6, 6.07) is 5.69. The third kappa shape index (κ3) is 4.09. The molecule has 168 valence electrons. The minimum absolute atomic E-state index is 0.0429. The molecule has 0 saturated carbocycles. The lowest BCUT2D eigenvalue weighted by Crippen LogP contribution is -2.49. The van der Waals surface area contributed by atoms with Gasteiger partial charge in [0, 0.05) is 67.9 Å². The number of piperazine rings is 1. The Hall–Kier alpha value is -3.66. The number of carbonyl (C=O) groups excluding carboxylic acids is 1. The number of rotatable bonds is 5. The number of amides is 1. The summed E-state index contributed by atoms with van der Waals surface area (Å²) in [6.07, 6.45) is 8.23. The number of carbonyl (C=O) groups is 1. The van der Waals surface area contributed by atoms with Crippen molar-refractivity contribution in [3.8, 4) is 17.0 Å². The first-order valence-electron chi connectivity index (χ1n) is 10.8. The number of aromatic nitrogens is 3. The average molecular weight is 462 g/mol. The lowest BCUT2D eigenvalue weighted by Gasteiger charge is -2.34. The fraction of sp³-hybridized carbons (Fsp3) is 0.304. The molecule has 33 heavy (non-hydrogen) atoms. The van der Waals surface area contributed by atoms with Gasteiger partial charge < -0.3 is 25.4 Å². The Labute approximate surface area is 195 Å². The van der Waals surface area contributed by atoms with Crippen LogP contribution in [0, 0.1) is 10.8 Å². The first-order chi connectivity index (χ1) is 16.2. The van der Waals surface area contributed by atoms with Gasteiger partial charge in [-0.15, -0.1) is 11.3 Å². The number of ether oxygens (including phenoxy) is 1. The minimum atomic E-state index is -0.380. The molecular formula is C23H23N7O2S. The van der Waals surface area contributed by atoms with Gasteiger partial charge >= 0.3 is 0 Å². The summed E-state index contributed by atoms with van der Waals surface area (Å²) in [7, 11) is 0. The monoisotopic (exact) mass is 461 g/mol. The van der Waals surface area contributed by atoms with E-state index in [0.717, 1.165) is 27.5 Å². The molecule has 2 aromatic heterocycles. The minimum Gasteiger partial charge on any atom is -0.492 e. The van der Waals surface area contributed by atoms with E-state index in [1.165, 1.54) is 23.8 Å². The van der Waals surface area contributed by atoms with Crippen LogP contribution in [0.4, 0.5) is 5.82 Å². The molecule has 1 amide bonds. The van der Waals surface area contributed by atoms with E-state index >= 15 is 0 Å². The molecule has 1 aromatic carbocycles.